The van der Waals surface area contributed by atoms with Crippen molar-refractivity contribution in [3.8, 4) is 0 Å². The Labute approximate surface area is 86.0 Å². The predicted octanol–water partition coefficient (Wildman–Crippen LogP) is 0.0785. The van der Waals surface area contributed by atoms with Crippen LogP contribution in [0.1, 0.15) is 0 Å². The molecule has 6 nitrogen and oxygen atoms in total. The van der Waals surface area contributed by atoms with Crippen molar-refractivity contribution in [3.05, 3.63) is 41.3 Å². The standard InChI is InChI=1S/C9H11N5O/c15-9-5-8(6-12-13-9)11-2-4-14-3-1-10-7-14/h1,3,5-7H,2,4H2,(H2,11,13,15). The van der Waals surface area contributed by atoms with Crippen molar-refractivity contribution in [1.82, 2.24) is 19.7 Å². The van der Waals surface area contributed by atoms with Crippen LogP contribution in [-0.4, -0.2) is 26.3 Å². The molecule has 6 heteroatoms. The van der Waals surface area contributed by atoms with Crippen LogP contribution in [0.5, 0.6) is 0 Å². The molecule has 78 valence electrons. The summed E-state index contributed by atoms with van der Waals surface area (Å²) in [5, 5.41) is 9.09. The van der Waals surface area contributed by atoms with Crippen molar-refractivity contribution in [1.29, 1.82) is 0 Å². The number of anilines is 1. The molecular formula is C9H11N5O. The van der Waals surface area contributed by atoms with Crippen LogP contribution >= 0.6 is 0 Å². The topological polar surface area (TPSA) is 75.6 Å². The van der Waals surface area contributed by atoms with Gasteiger partial charge in [-0.2, -0.15) is 5.10 Å². The van der Waals surface area contributed by atoms with Gasteiger partial charge in [-0.15, -0.1) is 0 Å². The first kappa shape index (κ1) is 9.45. The molecule has 0 spiro atoms. The maximum Gasteiger partial charge on any atom is 0.266 e. The van der Waals surface area contributed by atoms with Gasteiger partial charge >= 0.3 is 0 Å². The number of hydrogen-bond donors (Lipinski definition) is 2. The molecule has 2 N–H and O–H groups in total. The normalized spacial score (nSPS) is 10.1. The molecule has 0 saturated carbocycles. The number of hydrogen-bond acceptors (Lipinski definition) is 4. The van der Waals surface area contributed by atoms with E-state index in [0.29, 0.717) is 0 Å². The second-order valence-electron chi connectivity index (χ2n) is 3.06. The molecule has 0 aliphatic rings. The average Bonchev–Trinajstić information content (AvgIpc) is 2.71. The van der Waals surface area contributed by atoms with Gasteiger partial charge in [0.1, 0.15) is 0 Å². The van der Waals surface area contributed by atoms with Gasteiger partial charge < -0.3 is 9.88 Å². The summed E-state index contributed by atoms with van der Waals surface area (Å²) in [5.41, 5.74) is 0.515. The minimum absolute atomic E-state index is 0.206. The molecule has 0 bridgehead atoms. The van der Waals surface area contributed by atoms with Crippen molar-refractivity contribution >= 4 is 5.69 Å². The molecule has 2 rings (SSSR count). The number of nitrogens with zero attached hydrogens (tertiary/aromatic N) is 3. The molecule has 0 fully saturated rings. The van der Waals surface area contributed by atoms with E-state index in [1.165, 1.54) is 6.07 Å². The highest BCUT2D eigenvalue weighted by atomic mass is 16.1. The summed E-state index contributed by atoms with van der Waals surface area (Å²) in [4.78, 5) is 14.8. The molecule has 0 atom stereocenters. The molecule has 0 aliphatic carbocycles. The van der Waals surface area contributed by atoms with E-state index in [1.807, 2.05) is 10.8 Å². The average molecular weight is 205 g/mol. The van der Waals surface area contributed by atoms with Gasteiger partial charge in [0.05, 0.1) is 18.2 Å². The van der Waals surface area contributed by atoms with Gasteiger partial charge in [0.2, 0.25) is 0 Å². The largest absolute Gasteiger partial charge is 0.382 e. The SMILES string of the molecule is O=c1cc(NCCn2ccnc2)cn[nH]1. The smallest absolute Gasteiger partial charge is 0.266 e. The highest BCUT2D eigenvalue weighted by Gasteiger charge is 1.93. The molecule has 0 aromatic carbocycles. The number of aromatic amines is 1. The Morgan fingerprint density at radius 3 is 3.20 bits per heavy atom. The molecule has 2 heterocycles. The lowest BCUT2D eigenvalue weighted by molar-refractivity contribution is 0.726. The monoisotopic (exact) mass is 205 g/mol. The van der Waals surface area contributed by atoms with E-state index in [9.17, 15) is 4.79 Å². The van der Waals surface area contributed by atoms with Crippen molar-refractivity contribution in [3.63, 3.8) is 0 Å². The van der Waals surface area contributed by atoms with E-state index >= 15 is 0 Å². The Bertz CT molecular complexity index is 461. The summed E-state index contributed by atoms with van der Waals surface area (Å²) in [7, 11) is 0. The van der Waals surface area contributed by atoms with Crippen molar-refractivity contribution in [2.45, 2.75) is 6.54 Å². The van der Waals surface area contributed by atoms with Crippen molar-refractivity contribution in [2.75, 3.05) is 11.9 Å². The van der Waals surface area contributed by atoms with Crippen LogP contribution in [0.2, 0.25) is 0 Å². The summed E-state index contributed by atoms with van der Waals surface area (Å²) in [6.07, 6.45) is 6.94. The second kappa shape index (κ2) is 4.41. The molecule has 0 aliphatic heterocycles. The summed E-state index contributed by atoms with van der Waals surface area (Å²) in [6.45, 7) is 1.52. The minimum Gasteiger partial charge on any atom is -0.382 e. The fraction of sp³-hybridized carbons (Fsp3) is 0.222. The lowest BCUT2D eigenvalue weighted by Gasteiger charge is -2.05. The number of imidazole rings is 1. The molecule has 0 unspecified atom stereocenters. The Balaban J connectivity index is 1.86. The lowest BCUT2D eigenvalue weighted by atomic mass is 10.4. The van der Waals surface area contributed by atoms with Gasteiger partial charge in [0.15, 0.2) is 0 Å². The first-order chi connectivity index (χ1) is 7.34. The van der Waals surface area contributed by atoms with E-state index in [0.717, 1.165) is 18.8 Å². The van der Waals surface area contributed by atoms with Crippen LogP contribution < -0.4 is 10.9 Å². The summed E-state index contributed by atoms with van der Waals surface area (Å²) >= 11 is 0. The fourth-order valence-electron chi connectivity index (χ4n) is 1.22. The zero-order chi connectivity index (χ0) is 10.5. The van der Waals surface area contributed by atoms with Crippen LogP contribution in [-0.2, 0) is 6.54 Å². The molecular weight excluding hydrogens is 194 g/mol. The summed E-state index contributed by atoms with van der Waals surface area (Å²) in [6, 6.07) is 1.47. The maximum atomic E-state index is 10.9. The third-order valence-corrected chi connectivity index (χ3v) is 1.92. The Morgan fingerprint density at radius 2 is 2.47 bits per heavy atom. The van der Waals surface area contributed by atoms with Crippen LogP contribution in [0.25, 0.3) is 0 Å². The zero-order valence-corrected chi connectivity index (χ0v) is 8.05. The predicted molar refractivity (Wildman–Crippen MR) is 55.6 cm³/mol. The zero-order valence-electron chi connectivity index (χ0n) is 8.05. The Hall–Kier alpha value is -2.11. The van der Waals surface area contributed by atoms with Crippen LogP contribution in [0, 0.1) is 0 Å². The Kier molecular flexibility index (Phi) is 2.77. The van der Waals surface area contributed by atoms with Gasteiger partial charge in [-0.25, -0.2) is 10.1 Å². The van der Waals surface area contributed by atoms with Crippen LogP contribution in [0.15, 0.2) is 35.8 Å². The fourth-order valence-corrected chi connectivity index (χ4v) is 1.22. The van der Waals surface area contributed by atoms with Gasteiger partial charge in [-0.05, 0) is 0 Å². The highest BCUT2D eigenvalue weighted by molar-refractivity contribution is 5.38. The van der Waals surface area contributed by atoms with Gasteiger partial charge in [-0.3, -0.25) is 4.79 Å². The summed E-state index contributed by atoms with van der Waals surface area (Å²) < 4.78 is 1.95. The molecule has 2 aromatic rings. The molecule has 15 heavy (non-hydrogen) atoms. The first-order valence-electron chi connectivity index (χ1n) is 4.59. The molecule has 0 radical (unpaired) electrons. The van der Waals surface area contributed by atoms with Gasteiger partial charge in [0, 0.05) is 31.5 Å². The van der Waals surface area contributed by atoms with Crippen molar-refractivity contribution in [2.24, 2.45) is 0 Å². The van der Waals surface area contributed by atoms with Crippen molar-refractivity contribution < 1.29 is 0 Å². The minimum atomic E-state index is -0.206. The number of H-pyrrole nitrogens is 1. The third kappa shape index (κ3) is 2.67. The van der Waals surface area contributed by atoms with E-state index in [2.05, 4.69) is 20.5 Å². The van der Waals surface area contributed by atoms with Gasteiger partial charge in [-0.1, -0.05) is 0 Å². The quantitative estimate of drug-likeness (QED) is 0.741. The molecule has 2 aromatic heterocycles. The second-order valence-corrected chi connectivity index (χ2v) is 3.06. The van der Waals surface area contributed by atoms with E-state index in [-0.39, 0.29) is 5.56 Å². The Morgan fingerprint density at radius 1 is 1.53 bits per heavy atom. The number of aromatic nitrogens is 4. The molecule has 0 saturated heterocycles. The van der Waals surface area contributed by atoms with Gasteiger partial charge in [0.25, 0.3) is 5.56 Å². The van der Waals surface area contributed by atoms with E-state index in [1.54, 1.807) is 18.7 Å². The van der Waals surface area contributed by atoms with E-state index in [4.69, 9.17) is 0 Å². The van der Waals surface area contributed by atoms with E-state index < -0.39 is 0 Å². The lowest BCUT2D eigenvalue weighted by Crippen LogP contribution is -2.12. The first-order valence-corrected chi connectivity index (χ1v) is 4.59. The molecule has 0 amide bonds. The highest BCUT2D eigenvalue weighted by Crippen LogP contribution is 1.97. The number of nitrogens with one attached hydrogen (secondary N) is 2. The third-order valence-electron chi connectivity index (χ3n) is 1.92. The maximum absolute atomic E-state index is 10.9. The number of rotatable bonds is 4. The summed E-state index contributed by atoms with van der Waals surface area (Å²) in [5.74, 6) is 0. The van der Waals surface area contributed by atoms with Crippen LogP contribution in [0.3, 0.4) is 0 Å². The van der Waals surface area contributed by atoms with Crippen LogP contribution in [0.4, 0.5) is 5.69 Å².